The monoisotopic (exact) mass is 377 g/mol. The second kappa shape index (κ2) is 7.09. The molecule has 0 radical (unpaired) electrons. The number of nitrogens with one attached hydrogen (secondary N) is 1. The van der Waals surface area contributed by atoms with E-state index in [4.69, 9.17) is 0 Å². The summed E-state index contributed by atoms with van der Waals surface area (Å²) in [7, 11) is 0. The third-order valence-electron chi connectivity index (χ3n) is 4.92. The van der Waals surface area contributed by atoms with E-state index in [0.717, 1.165) is 12.5 Å². The zero-order chi connectivity index (χ0) is 19.8. The molecule has 1 amide bonds. The predicted octanol–water partition coefficient (Wildman–Crippen LogP) is 3.01. The van der Waals surface area contributed by atoms with Crippen LogP contribution in [0.3, 0.4) is 0 Å². The summed E-state index contributed by atoms with van der Waals surface area (Å²) in [5.41, 5.74) is -0.125. The molecule has 1 aromatic carbocycles. The lowest BCUT2D eigenvalue weighted by molar-refractivity contribution is -0.144. The number of hydrogen-bond acceptors (Lipinski definition) is 3. The molecule has 1 atom stereocenters. The van der Waals surface area contributed by atoms with Crippen LogP contribution in [0.15, 0.2) is 18.2 Å². The van der Waals surface area contributed by atoms with Crippen LogP contribution >= 0.6 is 0 Å². The average molecular weight is 377 g/mol. The van der Waals surface area contributed by atoms with E-state index >= 15 is 0 Å². The number of carbonyl (C=O) groups is 2. The van der Waals surface area contributed by atoms with Crippen LogP contribution in [-0.2, 0) is 17.6 Å². The Labute approximate surface area is 155 Å². The number of amides is 1. The molecule has 1 heterocycles. The second-order valence-electron chi connectivity index (χ2n) is 6.95. The van der Waals surface area contributed by atoms with Gasteiger partial charge in [0.05, 0.1) is 0 Å². The molecule has 8 heteroatoms. The lowest BCUT2D eigenvalue weighted by Gasteiger charge is -2.25. The SMILES string of the molecule is CCCC(C)(NC(=O)c1nn(-c2cccc(F)c2F)c2c1CCC2)C(=O)O. The maximum absolute atomic E-state index is 14.2. The van der Waals surface area contributed by atoms with Crippen LogP contribution in [0.25, 0.3) is 5.69 Å². The van der Waals surface area contributed by atoms with Crippen molar-refractivity contribution in [1.82, 2.24) is 15.1 Å². The summed E-state index contributed by atoms with van der Waals surface area (Å²) in [6, 6.07) is 3.78. The Hall–Kier alpha value is -2.77. The van der Waals surface area contributed by atoms with Gasteiger partial charge in [-0.25, -0.2) is 18.3 Å². The van der Waals surface area contributed by atoms with E-state index in [-0.39, 0.29) is 17.8 Å². The van der Waals surface area contributed by atoms with Crippen LogP contribution in [0.5, 0.6) is 0 Å². The van der Waals surface area contributed by atoms with Gasteiger partial charge in [0.2, 0.25) is 0 Å². The molecule has 0 saturated carbocycles. The first-order chi connectivity index (χ1) is 12.8. The van der Waals surface area contributed by atoms with Crippen LogP contribution in [0, 0.1) is 11.6 Å². The molecule has 1 aliphatic rings. The van der Waals surface area contributed by atoms with Crippen molar-refractivity contribution in [3.63, 3.8) is 0 Å². The van der Waals surface area contributed by atoms with Gasteiger partial charge in [-0.2, -0.15) is 5.10 Å². The third-order valence-corrected chi connectivity index (χ3v) is 4.92. The Morgan fingerprint density at radius 3 is 2.74 bits per heavy atom. The predicted molar refractivity (Wildman–Crippen MR) is 93.9 cm³/mol. The van der Waals surface area contributed by atoms with Crippen molar-refractivity contribution < 1.29 is 23.5 Å². The number of hydrogen-bond donors (Lipinski definition) is 2. The third kappa shape index (κ3) is 3.31. The van der Waals surface area contributed by atoms with E-state index in [9.17, 15) is 23.5 Å². The molecule has 0 saturated heterocycles. The van der Waals surface area contributed by atoms with Gasteiger partial charge in [-0.1, -0.05) is 19.4 Å². The number of carbonyl (C=O) groups excluding carboxylic acids is 1. The van der Waals surface area contributed by atoms with Crippen molar-refractivity contribution in [3.8, 4) is 5.69 Å². The number of nitrogens with zero attached hydrogens (tertiary/aromatic N) is 2. The number of carboxylic acid groups (broad SMARTS) is 1. The Bertz CT molecular complexity index is 910. The number of aliphatic carboxylic acids is 1. The molecule has 144 valence electrons. The molecule has 6 nitrogen and oxygen atoms in total. The lowest BCUT2D eigenvalue weighted by Crippen LogP contribution is -2.52. The Morgan fingerprint density at radius 1 is 1.33 bits per heavy atom. The van der Waals surface area contributed by atoms with E-state index in [1.807, 2.05) is 6.92 Å². The van der Waals surface area contributed by atoms with Gasteiger partial charge in [0, 0.05) is 11.3 Å². The van der Waals surface area contributed by atoms with Gasteiger partial charge >= 0.3 is 5.97 Å². The zero-order valence-electron chi connectivity index (χ0n) is 15.2. The van der Waals surface area contributed by atoms with Crippen molar-refractivity contribution >= 4 is 11.9 Å². The van der Waals surface area contributed by atoms with Gasteiger partial charge in [-0.15, -0.1) is 0 Å². The summed E-state index contributed by atoms with van der Waals surface area (Å²) in [4.78, 5) is 24.4. The van der Waals surface area contributed by atoms with Crippen LogP contribution in [0.4, 0.5) is 8.78 Å². The van der Waals surface area contributed by atoms with Gasteiger partial charge in [0.25, 0.3) is 5.91 Å². The van der Waals surface area contributed by atoms with Crippen LogP contribution < -0.4 is 5.32 Å². The fourth-order valence-corrected chi connectivity index (χ4v) is 3.51. The standard InChI is InChI=1S/C19H21F2N3O3/c1-3-10-19(2,18(26)27)22-17(25)16-11-6-4-8-13(11)24(23-16)14-9-5-7-12(20)15(14)21/h5,7,9H,3-4,6,8,10H2,1-2H3,(H,22,25)(H,26,27). The molecule has 0 bridgehead atoms. The highest BCUT2D eigenvalue weighted by molar-refractivity contribution is 5.97. The van der Waals surface area contributed by atoms with E-state index in [1.54, 1.807) is 0 Å². The normalized spacial score (nSPS) is 15.3. The largest absolute Gasteiger partial charge is 0.480 e. The lowest BCUT2D eigenvalue weighted by atomic mass is 9.96. The average Bonchev–Trinajstić information content (AvgIpc) is 3.20. The van der Waals surface area contributed by atoms with Crippen molar-refractivity contribution in [3.05, 3.63) is 46.8 Å². The quantitative estimate of drug-likeness (QED) is 0.811. The second-order valence-corrected chi connectivity index (χ2v) is 6.95. The van der Waals surface area contributed by atoms with E-state index in [0.29, 0.717) is 30.5 Å². The number of halogens is 2. The fourth-order valence-electron chi connectivity index (χ4n) is 3.51. The van der Waals surface area contributed by atoms with Gasteiger partial charge in [0.15, 0.2) is 17.3 Å². The maximum atomic E-state index is 14.2. The highest BCUT2D eigenvalue weighted by Crippen LogP contribution is 2.29. The van der Waals surface area contributed by atoms with Gasteiger partial charge in [0.1, 0.15) is 11.2 Å². The topological polar surface area (TPSA) is 84.2 Å². The van der Waals surface area contributed by atoms with Crippen molar-refractivity contribution in [1.29, 1.82) is 0 Å². The van der Waals surface area contributed by atoms with E-state index in [1.165, 1.54) is 23.7 Å². The molecule has 2 N–H and O–H groups in total. The van der Waals surface area contributed by atoms with E-state index in [2.05, 4.69) is 10.4 Å². The molecule has 0 spiro atoms. The fraction of sp³-hybridized carbons (Fsp3) is 0.421. The number of aromatic nitrogens is 2. The zero-order valence-corrected chi connectivity index (χ0v) is 15.2. The maximum Gasteiger partial charge on any atom is 0.329 e. The first kappa shape index (κ1) is 19.0. The first-order valence-corrected chi connectivity index (χ1v) is 8.89. The Balaban J connectivity index is 2.02. The molecule has 0 aliphatic heterocycles. The van der Waals surface area contributed by atoms with Crippen LogP contribution in [0.2, 0.25) is 0 Å². The molecule has 1 aliphatic carbocycles. The minimum absolute atomic E-state index is 0.0646. The summed E-state index contributed by atoms with van der Waals surface area (Å²) < 4.78 is 29.1. The molecular weight excluding hydrogens is 356 g/mol. The van der Waals surface area contributed by atoms with Crippen molar-refractivity contribution in [2.45, 2.75) is 51.5 Å². The highest BCUT2D eigenvalue weighted by atomic mass is 19.2. The minimum atomic E-state index is -1.43. The molecular formula is C19H21F2N3O3. The minimum Gasteiger partial charge on any atom is -0.480 e. The Kier molecular flexibility index (Phi) is 4.99. The molecule has 2 aromatic rings. The molecule has 3 rings (SSSR count). The Morgan fingerprint density at radius 2 is 2.07 bits per heavy atom. The van der Waals surface area contributed by atoms with Crippen molar-refractivity contribution in [2.24, 2.45) is 0 Å². The number of carboxylic acids is 1. The summed E-state index contributed by atoms with van der Waals surface area (Å²) >= 11 is 0. The van der Waals surface area contributed by atoms with E-state index < -0.39 is 29.0 Å². The van der Waals surface area contributed by atoms with Crippen LogP contribution in [0.1, 0.15) is 54.9 Å². The summed E-state index contributed by atoms with van der Waals surface area (Å²) in [5.74, 6) is -3.79. The number of benzene rings is 1. The van der Waals surface area contributed by atoms with Crippen molar-refractivity contribution in [2.75, 3.05) is 0 Å². The smallest absolute Gasteiger partial charge is 0.329 e. The molecule has 0 fully saturated rings. The van der Waals surface area contributed by atoms with Gasteiger partial charge in [-0.3, -0.25) is 4.79 Å². The molecule has 1 aromatic heterocycles. The highest BCUT2D eigenvalue weighted by Gasteiger charge is 2.36. The first-order valence-electron chi connectivity index (χ1n) is 8.89. The summed E-state index contributed by atoms with van der Waals surface area (Å²) in [6.45, 7) is 3.27. The number of rotatable bonds is 6. The molecule has 1 unspecified atom stereocenters. The van der Waals surface area contributed by atoms with Crippen LogP contribution in [-0.4, -0.2) is 32.3 Å². The van der Waals surface area contributed by atoms with Gasteiger partial charge < -0.3 is 10.4 Å². The molecule has 27 heavy (non-hydrogen) atoms. The van der Waals surface area contributed by atoms with Gasteiger partial charge in [-0.05, 0) is 44.7 Å². The summed E-state index contributed by atoms with van der Waals surface area (Å²) in [6.07, 6.45) is 2.75. The summed E-state index contributed by atoms with van der Waals surface area (Å²) in [5, 5.41) is 16.2. The number of fused-ring (bicyclic) bond motifs is 1.